The predicted molar refractivity (Wildman–Crippen MR) is 74.2 cm³/mol. The van der Waals surface area contributed by atoms with E-state index in [4.69, 9.17) is 4.74 Å². The Morgan fingerprint density at radius 1 is 1.50 bits per heavy atom. The lowest BCUT2D eigenvalue weighted by atomic mass is 10.1. The lowest BCUT2D eigenvalue weighted by Gasteiger charge is -2.11. The Bertz CT molecular complexity index is 580. The van der Waals surface area contributed by atoms with Crippen LogP contribution < -0.4 is 10.1 Å². The molecule has 0 fully saturated rings. The molecule has 1 N–H and O–H groups in total. The second kappa shape index (κ2) is 4.65. The predicted octanol–water partition coefficient (Wildman–Crippen LogP) is 2.67. The summed E-state index contributed by atoms with van der Waals surface area (Å²) >= 11 is 3.56. The molecule has 1 aliphatic rings. The standard InChI is InChI=1S/C13H14BrN3O/c1-15-13-16-3-4-17(13)8-10-7-11(14)6-9-2-5-18-12(9)10/h3-4,6-7H,2,5,8H2,1H3,(H,15,16). The second-order valence-electron chi connectivity index (χ2n) is 4.28. The van der Waals surface area contributed by atoms with Gasteiger partial charge in [0, 0.05) is 35.9 Å². The summed E-state index contributed by atoms with van der Waals surface area (Å²) < 4.78 is 8.91. The molecule has 0 aliphatic carbocycles. The number of ether oxygens (including phenoxy) is 1. The number of nitrogens with zero attached hydrogens (tertiary/aromatic N) is 2. The monoisotopic (exact) mass is 307 g/mol. The van der Waals surface area contributed by atoms with Gasteiger partial charge in [0.1, 0.15) is 5.75 Å². The molecule has 2 heterocycles. The number of anilines is 1. The smallest absolute Gasteiger partial charge is 0.202 e. The first-order valence-electron chi connectivity index (χ1n) is 5.91. The summed E-state index contributed by atoms with van der Waals surface area (Å²) in [6.45, 7) is 1.54. The van der Waals surface area contributed by atoms with Crippen LogP contribution in [0.15, 0.2) is 29.0 Å². The average molecular weight is 308 g/mol. The third-order valence-electron chi connectivity index (χ3n) is 3.11. The number of rotatable bonds is 3. The molecule has 0 radical (unpaired) electrons. The van der Waals surface area contributed by atoms with E-state index in [1.807, 2.05) is 13.2 Å². The number of hydrogen-bond donors (Lipinski definition) is 1. The van der Waals surface area contributed by atoms with Crippen molar-refractivity contribution in [2.24, 2.45) is 0 Å². The summed E-state index contributed by atoms with van der Waals surface area (Å²) in [6.07, 6.45) is 4.75. The molecule has 2 aromatic rings. The lowest BCUT2D eigenvalue weighted by Crippen LogP contribution is -2.05. The molecule has 1 aromatic heterocycles. The zero-order valence-corrected chi connectivity index (χ0v) is 11.7. The van der Waals surface area contributed by atoms with E-state index in [2.05, 4.69) is 42.9 Å². The molecule has 0 atom stereocenters. The molecule has 0 saturated heterocycles. The zero-order valence-electron chi connectivity index (χ0n) is 10.1. The van der Waals surface area contributed by atoms with Crippen LogP contribution in [-0.4, -0.2) is 23.2 Å². The highest BCUT2D eigenvalue weighted by atomic mass is 79.9. The summed E-state index contributed by atoms with van der Waals surface area (Å²) in [4.78, 5) is 4.25. The van der Waals surface area contributed by atoms with E-state index in [1.54, 1.807) is 6.20 Å². The van der Waals surface area contributed by atoms with E-state index < -0.39 is 0 Å². The van der Waals surface area contributed by atoms with Crippen molar-refractivity contribution in [1.29, 1.82) is 0 Å². The number of halogens is 1. The minimum absolute atomic E-state index is 0.762. The third-order valence-corrected chi connectivity index (χ3v) is 3.56. The first-order chi connectivity index (χ1) is 8.78. The van der Waals surface area contributed by atoms with E-state index in [1.165, 1.54) is 11.1 Å². The maximum absolute atomic E-state index is 5.73. The highest BCUT2D eigenvalue weighted by molar-refractivity contribution is 9.10. The molecule has 94 valence electrons. The van der Waals surface area contributed by atoms with Gasteiger partial charge in [-0.05, 0) is 17.7 Å². The van der Waals surface area contributed by atoms with Crippen LogP contribution in [0.4, 0.5) is 5.95 Å². The maximum Gasteiger partial charge on any atom is 0.202 e. The molecule has 18 heavy (non-hydrogen) atoms. The summed E-state index contributed by atoms with van der Waals surface area (Å²) in [5, 5.41) is 3.08. The van der Waals surface area contributed by atoms with Gasteiger partial charge in [-0.15, -0.1) is 0 Å². The molecule has 0 bridgehead atoms. The normalized spacial score (nSPS) is 13.2. The van der Waals surface area contributed by atoms with Crippen LogP contribution in [0, 0.1) is 0 Å². The van der Waals surface area contributed by atoms with E-state index in [-0.39, 0.29) is 0 Å². The molecule has 0 amide bonds. The van der Waals surface area contributed by atoms with Crippen LogP contribution in [0.2, 0.25) is 0 Å². The Morgan fingerprint density at radius 3 is 3.22 bits per heavy atom. The van der Waals surface area contributed by atoms with Gasteiger partial charge in [-0.25, -0.2) is 4.98 Å². The Balaban J connectivity index is 1.98. The number of fused-ring (bicyclic) bond motifs is 1. The van der Waals surface area contributed by atoms with Crippen LogP contribution in [0.1, 0.15) is 11.1 Å². The van der Waals surface area contributed by atoms with E-state index in [9.17, 15) is 0 Å². The fraction of sp³-hybridized carbons (Fsp3) is 0.308. The first kappa shape index (κ1) is 11.6. The molecular weight excluding hydrogens is 294 g/mol. The third kappa shape index (κ3) is 1.99. The lowest BCUT2D eigenvalue weighted by molar-refractivity contribution is 0.352. The van der Waals surface area contributed by atoms with Crippen LogP contribution in [-0.2, 0) is 13.0 Å². The van der Waals surface area contributed by atoms with Gasteiger partial charge in [0.2, 0.25) is 5.95 Å². The molecule has 1 aromatic carbocycles. The number of nitrogens with one attached hydrogen (secondary N) is 1. The van der Waals surface area contributed by atoms with Crippen molar-refractivity contribution in [1.82, 2.24) is 9.55 Å². The number of hydrogen-bond acceptors (Lipinski definition) is 3. The topological polar surface area (TPSA) is 39.1 Å². The highest BCUT2D eigenvalue weighted by Gasteiger charge is 2.18. The van der Waals surface area contributed by atoms with Crippen molar-refractivity contribution in [2.75, 3.05) is 19.0 Å². The van der Waals surface area contributed by atoms with Crippen LogP contribution in [0.25, 0.3) is 0 Å². The average Bonchev–Trinajstić information content (AvgIpc) is 2.96. The van der Waals surface area contributed by atoms with Gasteiger partial charge in [-0.1, -0.05) is 15.9 Å². The quantitative estimate of drug-likeness (QED) is 0.947. The van der Waals surface area contributed by atoms with Crippen molar-refractivity contribution in [3.63, 3.8) is 0 Å². The molecule has 4 nitrogen and oxygen atoms in total. The van der Waals surface area contributed by atoms with Crippen LogP contribution in [0.5, 0.6) is 5.75 Å². The van der Waals surface area contributed by atoms with Crippen molar-refractivity contribution < 1.29 is 4.74 Å². The fourth-order valence-electron chi connectivity index (χ4n) is 2.31. The summed E-state index contributed by atoms with van der Waals surface area (Å²) in [5.41, 5.74) is 2.47. The summed E-state index contributed by atoms with van der Waals surface area (Å²) in [5.74, 6) is 1.90. The molecule has 0 spiro atoms. The number of benzene rings is 1. The second-order valence-corrected chi connectivity index (χ2v) is 5.20. The molecular formula is C13H14BrN3O. The van der Waals surface area contributed by atoms with Crippen LogP contribution in [0.3, 0.4) is 0 Å². The van der Waals surface area contributed by atoms with Gasteiger partial charge in [0.25, 0.3) is 0 Å². The zero-order chi connectivity index (χ0) is 12.5. The Hall–Kier alpha value is -1.49. The molecule has 1 aliphatic heterocycles. The van der Waals surface area contributed by atoms with Gasteiger partial charge >= 0.3 is 0 Å². The number of imidazole rings is 1. The van der Waals surface area contributed by atoms with Crippen LogP contribution >= 0.6 is 15.9 Å². The van der Waals surface area contributed by atoms with E-state index in [0.717, 1.165) is 35.7 Å². The van der Waals surface area contributed by atoms with E-state index >= 15 is 0 Å². The number of aromatic nitrogens is 2. The van der Waals surface area contributed by atoms with Gasteiger partial charge in [0.15, 0.2) is 0 Å². The fourth-order valence-corrected chi connectivity index (χ4v) is 2.86. The molecule has 5 heteroatoms. The Labute approximate surface area is 114 Å². The van der Waals surface area contributed by atoms with E-state index in [0.29, 0.717) is 0 Å². The Morgan fingerprint density at radius 2 is 2.39 bits per heavy atom. The summed E-state index contributed by atoms with van der Waals surface area (Å²) in [6, 6.07) is 4.25. The first-order valence-corrected chi connectivity index (χ1v) is 6.70. The van der Waals surface area contributed by atoms with Crippen molar-refractivity contribution in [2.45, 2.75) is 13.0 Å². The minimum atomic E-state index is 0.762. The molecule has 0 saturated carbocycles. The molecule has 0 unspecified atom stereocenters. The highest BCUT2D eigenvalue weighted by Crippen LogP contribution is 2.33. The minimum Gasteiger partial charge on any atom is -0.493 e. The van der Waals surface area contributed by atoms with Crippen molar-refractivity contribution >= 4 is 21.9 Å². The summed E-state index contributed by atoms with van der Waals surface area (Å²) in [7, 11) is 1.88. The van der Waals surface area contributed by atoms with Crippen molar-refractivity contribution in [3.05, 3.63) is 40.1 Å². The largest absolute Gasteiger partial charge is 0.493 e. The van der Waals surface area contributed by atoms with Gasteiger partial charge in [-0.2, -0.15) is 0 Å². The Kier molecular flexibility index (Phi) is 2.99. The van der Waals surface area contributed by atoms with Gasteiger partial charge < -0.3 is 14.6 Å². The van der Waals surface area contributed by atoms with Crippen molar-refractivity contribution in [3.8, 4) is 5.75 Å². The maximum atomic E-state index is 5.73. The molecule has 3 rings (SSSR count). The van der Waals surface area contributed by atoms with Gasteiger partial charge in [-0.3, -0.25) is 0 Å². The van der Waals surface area contributed by atoms with Gasteiger partial charge in [0.05, 0.1) is 13.2 Å². The SMILES string of the molecule is CNc1nccn1Cc1cc(Br)cc2c1OCC2.